The molecule has 23 heavy (non-hydrogen) atoms. The van der Waals surface area contributed by atoms with Crippen LogP contribution < -0.4 is 5.73 Å². The lowest BCUT2D eigenvalue weighted by molar-refractivity contribution is -0.133. The summed E-state index contributed by atoms with van der Waals surface area (Å²) in [4.78, 5) is 22.2. The number of hydrogen-bond acceptors (Lipinski definition) is 3. The topological polar surface area (TPSA) is 75.0 Å². The van der Waals surface area contributed by atoms with Crippen molar-refractivity contribution in [3.05, 3.63) is 65.5 Å². The third-order valence-corrected chi connectivity index (χ3v) is 4.33. The predicted molar refractivity (Wildman–Crippen MR) is 88.5 cm³/mol. The molecule has 4 rings (SSSR count). The van der Waals surface area contributed by atoms with Crippen molar-refractivity contribution in [1.82, 2.24) is 14.9 Å². The average molecular weight is 306 g/mol. The first-order chi connectivity index (χ1) is 11.2. The minimum Gasteiger partial charge on any atom is -0.340 e. The molecule has 1 aliphatic rings. The van der Waals surface area contributed by atoms with Crippen molar-refractivity contribution in [2.75, 3.05) is 0 Å². The minimum absolute atomic E-state index is 0.0262. The van der Waals surface area contributed by atoms with Crippen molar-refractivity contribution >= 4 is 16.9 Å². The molecule has 0 unspecified atom stereocenters. The van der Waals surface area contributed by atoms with Crippen LogP contribution in [-0.4, -0.2) is 26.8 Å². The van der Waals surface area contributed by atoms with E-state index in [2.05, 4.69) is 16.0 Å². The van der Waals surface area contributed by atoms with Gasteiger partial charge in [-0.15, -0.1) is 0 Å². The van der Waals surface area contributed by atoms with Crippen molar-refractivity contribution in [3.8, 4) is 0 Å². The average Bonchev–Trinajstić information content (AvgIpc) is 2.92. The summed E-state index contributed by atoms with van der Waals surface area (Å²) in [5.41, 5.74) is 10.3. The quantitative estimate of drug-likeness (QED) is 0.760. The van der Waals surface area contributed by atoms with Gasteiger partial charge in [0.15, 0.2) is 0 Å². The Morgan fingerprint density at radius 1 is 1.13 bits per heavy atom. The second-order valence-electron chi connectivity index (χ2n) is 5.97. The van der Waals surface area contributed by atoms with Gasteiger partial charge >= 0.3 is 0 Å². The van der Waals surface area contributed by atoms with Crippen LogP contribution in [0.15, 0.2) is 48.5 Å². The van der Waals surface area contributed by atoms with E-state index in [0.29, 0.717) is 19.5 Å². The number of carbonyl (C=O) groups is 1. The van der Waals surface area contributed by atoms with Gasteiger partial charge in [0.1, 0.15) is 5.82 Å². The van der Waals surface area contributed by atoms with Crippen LogP contribution in [0.2, 0.25) is 0 Å². The highest BCUT2D eigenvalue weighted by atomic mass is 16.2. The van der Waals surface area contributed by atoms with Gasteiger partial charge in [0.05, 0.1) is 23.6 Å². The van der Waals surface area contributed by atoms with Crippen LogP contribution in [-0.2, 0) is 24.3 Å². The second kappa shape index (κ2) is 5.52. The number of rotatable bonds is 2. The molecule has 0 aliphatic carbocycles. The second-order valence-corrected chi connectivity index (χ2v) is 5.97. The molecule has 0 saturated carbocycles. The van der Waals surface area contributed by atoms with Crippen LogP contribution in [0, 0.1) is 0 Å². The Labute approximate surface area is 134 Å². The Morgan fingerprint density at radius 3 is 2.70 bits per heavy atom. The number of nitrogens with zero attached hydrogens (tertiary/aromatic N) is 2. The van der Waals surface area contributed by atoms with Gasteiger partial charge in [-0.25, -0.2) is 4.98 Å². The summed E-state index contributed by atoms with van der Waals surface area (Å²) in [6, 6.07) is 15.5. The van der Waals surface area contributed by atoms with Crippen LogP contribution in [0.3, 0.4) is 0 Å². The Kier molecular flexibility index (Phi) is 3.35. The molecule has 0 spiro atoms. The number of para-hydroxylation sites is 2. The molecule has 1 atom stereocenters. The minimum atomic E-state index is -0.497. The van der Waals surface area contributed by atoms with Gasteiger partial charge in [0.25, 0.3) is 0 Å². The Hall–Kier alpha value is -2.66. The monoisotopic (exact) mass is 306 g/mol. The fourth-order valence-electron chi connectivity index (χ4n) is 3.15. The standard InChI is InChI=1S/C18H18N4O/c19-14-9-12-5-1-2-6-13(12)10-22(18(14)23)11-17-20-15-7-3-4-8-16(15)21-17/h1-8,14H,9-11,19H2,(H,20,21)/t14-/m0/s1. The highest BCUT2D eigenvalue weighted by Crippen LogP contribution is 2.21. The van der Waals surface area contributed by atoms with Gasteiger partial charge in [0, 0.05) is 6.54 Å². The van der Waals surface area contributed by atoms with E-state index in [1.54, 1.807) is 4.90 Å². The molecule has 116 valence electrons. The summed E-state index contributed by atoms with van der Waals surface area (Å²) in [6.45, 7) is 1.01. The molecule has 2 heterocycles. The molecule has 2 aromatic carbocycles. The van der Waals surface area contributed by atoms with Crippen LogP contribution in [0.1, 0.15) is 17.0 Å². The smallest absolute Gasteiger partial charge is 0.240 e. The summed E-state index contributed by atoms with van der Waals surface area (Å²) in [7, 11) is 0. The summed E-state index contributed by atoms with van der Waals surface area (Å²) >= 11 is 0. The first-order valence-electron chi connectivity index (χ1n) is 7.75. The number of H-pyrrole nitrogens is 1. The molecular weight excluding hydrogens is 288 g/mol. The molecule has 0 fully saturated rings. The van der Waals surface area contributed by atoms with E-state index >= 15 is 0 Å². The zero-order valence-corrected chi connectivity index (χ0v) is 12.7. The Morgan fingerprint density at radius 2 is 1.87 bits per heavy atom. The third-order valence-electron chi connectivity index (χ3n) is 4.33. The fourth-order valence-corrected chi connectivity index (χ4v) is 3.15. The SMILES string of the molecule is N[C@H]1Cc2ccccc2CN(Cc2nc3ccccc3[nH]2)C1=O. The van der Waals surface area contributed by atoms with E-state index in [-0.39, 0.29) is 5.91 Å². The Bertz CT molecular complexity index is 837. The van der Waals surface area contributed by atoms with Crippen molar-refractivity contribution in [1.29, 1.82) is 0 Å². The molecular formula is C18H18N4O. The number of imidazole rings is 1. The lowest BCUT2D eigenvalue weighted by Crippen LogP contribution is -2.42. The van der Waals surface area contributed by atoms with Crippen molar-refractivity contribution < 1.29 is 4.79 Å². The van der Waals surface area contributed by atoms with Gasteiger partial charge in [0.2, 0.25) is 5.91 Å². The molecule has 5 heteroatoms. The molecule has 0 bridgehead atoms. The van der Waals surface area contributed by atoms with E-state index in [9.17, 15) is 4.79 Å². The summed E-state index contributed by atoms with van der Waals surface area (Å²) in [6.07, 6.45) is 0.589. The molecule has 3 N–H and O–H groups in total. The number of nitrogens with two attached hydrogens (primary N) is 1. The van der Waals surface area contributed by atoms with E-state index in [4.69, 9.17) is 5.73 Å². The van der Waals surface area contributed by atoms with Gasteiger partial charge < -0.3 is 15.6 Å². The normalized spacial score (nSPS) is 18.0. The lowest BCUT2D eigenvalue weighted by atomic mass is 10.0. The molecule has 3 aromatic rings. The number of aromatic amines is 1. The van der Waals surface area contributed by atoms with Crippen molar-refractivity contribution in [2.24, 2.45) is 5.73 Å². The van der Waals surface area contributed by atoms with Crippen molar-refractivity contribution in [2.45, 2.75) is 25.6 Å². The van der Waals surface area contributed by atoms with Crippen LogP contribution >= 0.6 is 0 Å². The number of nitrogens with one attached hydrogen (secondary N) is 1. The maximum atomic E-state index is 12.6. The molecule has 1 aromatic heterocycles. The maximum Gasteiger partial charge on any atom is 0.240 e. The number of fused-ring (bicyclic) bond motifs is 2. The molecule has 1 amide bonds. The van der Waals surface area contributed by atoms with Gasteiger partial charge in [-0.05, 0) is 29.7 Å². The van der Waals surface area contributed by atoms with E-state index < -0.39 is 6.04 Å². The van der Waals surface area contributed by atoms with Crippen LogP contribution in [0.4, 0.5) is 0 Å². The van der Waals surface area contributed by atoms with Gasteiger partial charge in [-0.3, -0.25) is 4.79 Å². The number of aromatic nitrogens is 2. The third kappa shape index (κ3) is 2.59. The van der Waals surface area contributed by atoms with E-state index in [0.717, 1.165) is 28.0 Å². The molecule has 1 aliphatic heterocycles. The zero-order chi connectivity index (χ0) is 15.8. The summed E-state index contributed by atoms with van der Waals surface area (Å²) in [5.74, 6) is 0.757. The lowest BCUT2D eigenvalue weighted by Gasteiger charge is -2.21. The Balaban J connectivity index is 1.65. The number of carbonyl (C=O) groups excluding carboxylic acids is 1. The zero-order valence-electron chi connectivity index (χ0n) is 12.7. The highest BCUT2D eigenvalue weighted by Gasteiger charge is 2.27. The first-order valence-corrected chi connectivity index (χ1v) is 7.75. The summed E-state index contributed by atoms with van der Waals surface area (Å²) < 4.78 is 0. The molecule has 5 nitrogen and oxygen atoms in total. The number of hydrogen-bond donors (Lipinski definition) is 2. The molecule has 0 radical (unpaired) electrons. The highest BCUT2D eigenvalue weighted by molar-refractivity contribution is 5.83. The number of amides is 1. The molecule has 0 saturated heterocycles. The van der Waals surface area contributed by atoms with Crippen LogP contribution in [0.25, 0.3) is 11.0 Å². The largest absolute Gasteiger partial charge is 0.340 e. The van der Waals surface area contributed by atoms with Gasteiger partial charge in [-0.1, -0.05) is 36.4 Å². The first kappa shape index (κ1) is 14.0. The fraction of sp³-hybridized carbons (Fsp3) is 0.222. The number of benzene rings is 2. The van der Waals surface area contributed by atoms with Crippen molar-refractivity contribution in [3.63, 3.8) is 0 Å². The van der Waals surface area contributed by atoms with Crippen LogP contribution in [0.5, 0.6) is 0 Å². The van der Waals surface area contributed by atoms with E-state index in [1.165, 1.54) is 0 Å². The van der Waals surface area contributed by atoms with E-state index in [1.807, 2.05) is 42.5 Å². The van der Waals surface area contributed by atoms with Gasteiger partial charge in [-0.2, -0.15) is 0 Å². The summed E-state index contributed by atoms with van der Waals surface area (Å²) in [5, 5.41) is 0. The maximum absolute atomic E-state index is 12.6. The predicted octanol–water partition coefficient (Wildman–Crippen LogP) is 1.98.